The average molecular weight is 859 g/mol. The van der Waals surface area contributed by atoms with Gasteiger partial charge in [-0.25, -0.2) is 4.79 Å². The number of ether oxygens (including phenoxy) is 1. The molecule has 0 bridgehead atoms. The molecule has 5 N–H and O–H groups in total. The van der Waals surface area contributed by atoms with Crippen molar-refractivity contribution in [1.82, 2.24) is 29.8 Å². The number of nitrogens with zero attached hydrogens (tertiary/aromatic N) is 5. The average Bonchev–Trinajstić information content (AvgIpc) is 3.05. The summed E-state index contributed by atoms with van der Waals surface area (Å²) in [4.78, 5) is 80.8. The summed E-state index contributed by atoms with van der Waals surface area (Å²) in [7, 11) is 1.88. The molecule has 2 aliphatic heterocycles. The third kappa shape index (κ3) is 16.1. The summed E-state index contributed by atoms with van der Waals surface area (Å²) < 4.78 is 5.10. The van der Waals surface area contributed by atoms with Crippen LogP contribution in [-0.4, -0.2) is 174 Å². The second-order valence-electron chi connectivity index (χ2n) is 12.0. The molecule has 51 heavy (non-hydrogen) atoms. The second kappa shape index (κ2) is 22.4. The smallest absolute Gasteiger partial charge is 0.337 e. The van der Waals surface area contributed by atoms with Gasteiger partial charge in [0.15, 0.2) is 0 Å². The van der Waals surface area contributed by atoms with E-state index in [1.54, 1.807) is 50.9 Å². The van der Waals surface area contributed by atoms with Gasteiger partial charge in [-0.3, -0.25) is 43.6 Å². The molecule has 1 fully saturated rings. The van der Waals surface area contributed by atoms with Crippen molar-refractivity contribution in [3.8, 4) is 0 Å². The topological polar surface area (TPSA) is 213 Å². The first-order chi connectivity index (χ1) is 23.8. The maximum absolute atomic E-state index is 12.9. The van der Waals surface area contributed by atoms with Gasteiger partial charge in [-0.05, 0) is 36.8 Å². The van der Waals surface area contributed by atoms with Crippen LogP contribution >= 0.6 is 0 Å². The maximum Gasteiger partial charge on any atom is 0.337 e. The van der Waals surface area contributed by atoms with E-state index in [4.69, 9.17) is 4.74 Å². The Labute approximate surface area is 328 Å². The number of esters is 1. The molecule has 1 saturated heterocycles. The molecule has 0 aliphatic carbocycles. The monoisotopic (exact) mass is 859 g/mol. The number of carboxylic acids is 3. The quantitative estimate of drug-likeness (QED) is 0.145. The summed E-state index contributed by atoms with van der Waals surface area (Å²) in [6.07, 6.45) is 5.30. The van der Waals surface area contributed by atoms with Crippen molar-refractivity contribution in [3.05, 3.63) is 53.8 Å². The summed E-state index contributed by atoms with van der Waals surface area (Å²) in [5.74, 6) is -4.42. The molecular weight excluding hydrogens is 812 g/mol. The van der Waals surface area contributed by atoms with Gasteiger partial charge in [0.05, 0.1) is 50.9 Å². The van der Waals surface area contributed by atoms with Gasteiger partial charge in [0.25, 0.3) is 0 Å². The minimum Gasteiger partial charge on any atom is -0.480 e. The van der Waals surface area contributed by atoms with Crippen LogP contribution in [0.15, 0.2) is 48.2 Å². The molecule has 0 aromatic heterocycles. The van der Waals surface area contributed by atoms with Gasteiger partial charge in [-0.2, -0.15) is 0 Å². The van der Waals surface area contributed by atoms with E-state index in [9.17, 15) is 44.1 Å². The van der Waals surface area contributed by atoms with E-state index in [0.29, 0.717) is 11.3 Å². The van der Waals surface area contributed by atoms with Gasteiger partial charge in [0, 0.05) is 111 Å². The third-order valence-electron chi connectivity index (χ3n) is 8.13. The standard InChI is InChI=1S/C33H47N7O10.Gd/c1-3-50-33(49)25-8-9-36(2)27(18-25)24-4-6-26(7-5-24)35-28(41)19-34-29(42)20-37-10-12-38(21-30(43)44)14-16-40(23-32(47)48)17-15-39(13-11-37)22-31(45)46;/h4-9,18,27H,3,10-17,19-23H2,1-2H3,(H,34,42)(H,35,41)(H,43,44)(H,45,46)(H,47,48);. The van der Waals surface area contributed by atoms with Crippen LogP contribution in [0.25, 0.3) is 0 Å². The molecule has 0 spiro atoms. The largest absolute Gasteiger partial charge is 0.480 e. The Kier molecular flexibility index (Phi) is 19.2. The number of carbonyl (C=O) groups excluding carboxylic acids is 3. The summed E-state index contributed by atoms with van der Waals surface area (Å²) in [5.41, 5.74) is 1.85. The first-order valence-electron chi connectivity index (χ1n) is 16.3. The zero-order valence-corrected chi connectivity index (χ0v) is 31.1. The van der Waals surface area contributed by atoms with Crippen LogP contribution in [0.3, 0.4) is 0 Å². The number of likely N-dealkylation sites (N-methyl/N-ethyl adjacent to an activating group) is 1. The third-order valence-corrected chi connectivity index (χ3v) is 8.13. The SMILES string of the molecule is CCOC(=O)C1=CC(c2ccc(NC(=O)CNC(=O)CN3CCN(CC(=O)O)CCN(CC(=O)O)CCN(CC(=O)O)CC3)cc2)N(C)C=C1.[Gd]. The molecule has 3 rings (SSSR count). The fraction of sp³-hybridized carbons (Fsp3) is 0.515. The zero-order chi connectivity index (χ0) is 36.6. The van der Waals surface area contributed by atoms with Gasteiger partial charge in [-0.15, -0.1) is 0 Å². The summed E-state index contributed by atoms with van der Waals surface area (Å²) in [5, 5.41) is 33.5. The molecule has 0 saturated carbocycles. The molecule has 1 aromatic rings. The molecular formula is C33H47GdN7O10. The van der Waals surface area contributed by atoms with E-state index in [1.165, 1.54) is 0 Å². The maximum atomic E-state index is 12.9. The predicted molar refractivity (Wildman–Crippen MR) is 181 cm³/mol. The Balaban J connectivity index is 0.00000901. The Hall–Kier alpha value is -3.52. The summed E-state index contributed by atoms with van der Waals surface area (Å²) >= 11 is 0. The zero-order valence-electron chi connectivity index (χ0n) is 28.8. The van der Waals surface area contributed by atoms with Crippen LogP contribution in [0.2, 0.25) is 0 Å². The predicted octanol–water partition coefficient (Wildman–Crippen LogP) is -0.794. The first-order valence-corrected chi connectivity index (χ1v) is 16.3. The van der Waals surface area contributed by atoms with Crippen molar-refractivity contribution < 1.29 is 88.8 Å². The van der Waals surface area contributed by atoms with E-state index in [2.05, 4.69) is 10.6 Å². The second-order valence-corrected chi connectivity index (χ2v) is 12.0. The van der Waals surface area contributed by atoms with Crippen LogP contribution in [0.4, 0.5) is 5.69 Å². The molecule has 1 unspecified atom stereocenters. The van der Waals surface area contributed by atoms with Crippen molar-refractivity contribution in [2.45, 2.75) is 13.0 Å². The van der Waals surface area contributed by atoms with E-state index in [1.807, 2.05) is 30.2 Å². The molecule has 18 heteroatoms. The summed E-state index contributed by atoms with van der Waals surface area (Å²) in [6.45, 7) is 2.95. The Morgan fingerprint density at radius 3 is 1.61 bits per heavy atom. The molecule has 2 heterocycles. The Morgan fingerprint density at radius 2 is 1.18 bits per heavy atom. The fourth-order valence-corrected chi connectivity index (χ4v) is 5.51. The van der Waals surface area contributed by atoms with Crippen LogP contribution < -0.4 is 10.6 Å². The van der Waals surface area contributed by atoms with Gasteiger partial charge in [0.2, 0.25) is 11.8 Å². The number of benzene rings is 1. The fourth-order valence-electron chi connectivity index (χ4n) is 5.51. The molecule has 2 aliphatic rings. The van der Waals surface area contributed by atoms with Crippen LogP contribution in [0.1, 0.15) is 18.5 Å². The van der Waals surface area contributed by atoms with Crippen molar-refractivity contribution in [2.24, 2.45) is 0 Å². The van der Waals surface area contributed by atoms with Crippen molar-refractivity contribution in [2.75, 3.05) is 104 Å². The van der Waals surface area contributed by atoms with Crippen LogP contribution in [0.5, 0.6) is 0 Å². The van der Waals surface area contributed by atoms with Crippen molar-refractivity contribution >= 4 is 41.4 Å². The van der Waals surface area contributed by atoms with Gasteiger partial charge >= 0.3 is 23.9 Å². The minimum absolute atomic E-state index is 0. The molecule has 17 nitrogen and oxygen atoms in total. The number of hydrogen-bond donors (Lipinski definition) is 5. The number of anilines is 1. The molecule has 282 valence electrons. The van der Waals surface area contributed by atoms with Crippen LogP contribution in [-0.2, 0) is 33.5 Å². The van der Waals surface area contributed by atoms with E-state index < -0.39 is 35.7 Å². The number of aliphatic carboxylic acids is 3. The molecule has 1 aromatic carbocycles. The van der Waals surface area contributed by atoms with Crippen LogP contribution in [0, 0.1) is 39.9 Å². The van der Waals surface area contributed by atoms with E-state index in [-0.39, 0.29) is 138 Å². The summed E-state index contributed by atoms with van der Waals surface area (Å²) in [6, 6.07) is 6.89. The number of rotatable bonds is 14. The number of carboxylic acid groups (broad SMARTS) is 3. The van der Waals surface area contributed by atoms with E-state index in [0.717, 1.165) is 5.56 Å². The first kappa shape index (κ1) is 43.6. The minimum atomic E-state index is -1.04. The van der Waals surface area contributed by atoms with Gasteiger partial charge in [0.1, 0.15) is 0 Å². The molecule has 1 atom stereocenters. The van der Waals surface area contributed by atoms with Crippen molar-refractivity contribution in [1.29, 1.82) is 0 Å². The molecule has 2 amide bonds. The molecule has 0 radical (unpaired) electrons. The van der Waals surface area contributed by atoms with Crippen molar-refractivity contribution in [3.63, 3.8) is 0 Å². The Morgan fingerprint density at radius 1 is 0.725 bits per heavy atom. The number of nitrogens with one attached hydrogen (secondary N) is 2. The number of amides is 2. The number of carbonyl (C=O) groups is 6. The van der Waals surface area contributed by atoms with E-state index >= 15 is 0 Å². The normalized spacial score (nSPS) is 18.3. The van der Waals surface area contributed by atoms with Gasteiger partial charge in [-0.1, -0.05) is 12.1 Å². The van der Waals surface area contributed by atoms with Gasteiger partial charge < -0.3 is 35.6 Å². The number of hydrogen-bond acceptors (Lipinski definition) is 12. The Bertz CT molecular complexity index is 1390.